The van der Waals surface area contributed by atoms with Crippen molar-refractivity contribution >= 4 is 17.7 Å². The van der Waals surface area contributed by atoms with Crippen molar-refractivity contribution in [3.8, 4) is 5.88 Å². The number of carbonyl (C=O) groups excluding carboxylic acids is 1. The SMILES string of the molecule is CCCCC(=O)Oc1nsnc1C. The average Bonchev–Trinajstić information content (AvgIpc) is 2.48. The molecule has 1 heterocycles. The van der Waals surface area contributed by atoms with Crippen LogP contribution in [0.15, 0.2) is 0 Å². The van der Waals surface area contributed by atoms with Gasteiger partial charge in [-0.2, -0.15) is 4.37 Å². The number of aromatic nitrogens is 2. The van der Waals surface area contributed by atoms with E-state index >= 15 is 0 Å². The molecule has 0 saturated heterocycles. The maximum atomic E-state index is 11.1. The summed E-state index contributed by atoms with van der Waals surface area (Å²) in [5.41, 5.74) is 0.676. The number of ether oxygens (including phenoxy) is 1. The Bertz CT molecular complexity index is 285. The van der Waals surface area contributed by atoms with Crippen LogP contribution in [0.25, 0.3) is 0 Å². The van der Waals surface area contributed by atoms with Gasteiger partial charge in [-0.25, -0.2) is 0 Å². The predicted molar refractivity (Wildman–Crippen MR) is 49.8 cm³/mol. The van der Waals surface area contributed by atoms with Crippen molar-refractivity contribution in [2.75, 3.05) is 0 Å². The summed E-state index contributed by atoms with van der Waals surface area (Å²) in [5, 5.41) is 0. The van der Waals surface area contributed by atoms with Gasteiger partial charge < -0.3 is 4.74 Å². The van der Waals surface area contributed by atoms with Crippen LogP contribution in [0.2, 0.25) is 0 Å². The largest absolute Gasteiger partial charge is 0.404 e. The molecule has 0 radical (unpaired) electrons. The molecule has 0 spiro atoms. The van der Waals surface area contributed by atoms with Crippen molar-refractivity contribution in [3.05, 3.63) is 5.69 Å². The Balaban J connectivity index is 2.41. The first kappa shape index (κ1) is 10.1. The van der Waals surface area contributed by atoms with E-state index in [1.165, 1.54) is 0 Å². The van der Waals surface area contributed by atoms with Crippen molar-refractivity contribution in [2.45, 2.75) is 33.1 Å². The molecule has 0 unspecified atom stereocenters. The van der Waals surface area contributed by atoms with Gasteiger partial charge in [0.05, 0.1) is 11.7 Å². The Hall–Kier alpha value is -0.970. The number of unbranched alkanes of at least 4 members (excludes halogenated alkanes) is 1. The highest BCUT2D eigenvalue weighted by molar-refractivity contribution is 6.99. The monoisotopic (exact) mass is 200 g/mol. The van der Waals surface area contributed by atoms with Crippen molar-refractivity contribution < 1.29 is 9.53 Å². The molecule has 0 N–H and O–H groups in total. The van der Waals surface area contributed by atoms with E-state index in [0.717, 1.165) is 24.6 Å². The molecule has 4 nitrogen and oxygen atoms in total. The van der Waals surface area contributed by atoms with E-state index in [4.69, 9.17) is 4.74 Å². The minimum absolute atomic E-state index is 0.224. The summed E-state index contributed by atoms with van der Waals surface area (Å²) in [7, 11) is 0. The normalized spacial score (nSPS) is 10.0. The lowest BCUT2D eigenvalue weighted by Crippen LogP contribution is -2.08. The molecule has 1 aromatic heterocycles. The second-order valence-electron chi connectivity index (χ2n) is 2.73. The molecule has 5 heteroatoms. The zero-order valence-corrected chi connectivity index (χ0v) is 8.56. The highest BCUT2D eigenvalue weighted by Gasteiger charge is 2.09. The summed E-state index contributed by atoms with van der Waals surface area (Å²) in [6.45, 7) is 3.80. The smallest absolute Gasteiger partial charge is 0.312 e. The second-order valence-corrected chi connectivity index (χ2v) is 3.26. The Morgan fingerprint density at radius 2 is 2.31 bits per heavy atom. The lowest BCUT2D eigenvalue weighted by atomic mass is 10.2. The molecule has 0 atom stereocenters. The van der Waals surface area contributed by atoms with Gasteiger partial charge in [0.25, 0.3) is 5.88 Å². The topological polar surface area (TPSA) is 52.1 Å². The van der Waals surface area contributed by atoms with Gasteiger partial charge >= 0.3 is 5.97 Å². The first-order chi connectivity index (χ1) is 6.24. The Morgan fingerprint density at radius 1 is 1.54 bits per heavy atom. The van der Waals surface area contributed by atoms with E-state index in [2.05, 4.69) is 8.75 Å². The predicted octanol–water partition coefficient (Wildman–Crippen LogP) is 1.94. The lowest BCUT2D eigenvalue weighted by molar-refractivity contribution is -0.134. The molecule has 0 aliphatic heterocycles. The summed E-state index contributed by atoms with van der Waals surface area (Å²) >= 11 is 1.05. The molecule has 72 valence electrons. The minimum Gasteiger partial charge on any atom is -0.404 e. The first-order valence-corrected chi connectivity index (χ1v) is 4.97. The summed E-state index contributed by atoms with van der Waals surface area (Å²) in [5.74, 6) is 0.128. The van der Waals surface area contributed by atoms with E-state index in [0.29, 0.717) is 18.0 Å². The van der Waals surface area contributed by atoms with Crippen LogP contribution in [-0.2, 0) is 4.79 Å². The van der Waals surface area contributed by atoms with Crippen LogP contribution in [0, 0.1) is 6.92 Å². The third kappa shape index (κ3) is 3.10. The molecule has 0 aliphatic rings. The van der Waals surface area contributed by atoms with Gasteiger partial charge in [0.1, 0.15) is 5.69 Å². The maximum absolute atomic E-state index is 11.1. The summed E-state index contributed by atoms with van der Waals surface area (Å²) in [6, 6.07) is 0. The highest BCUT2D eigenvalue weighted by atomic mass is 32.1. The van der Waals surface area contributed by atoms with Crippen molar-refractivity contribution in [1.29, 1.82) is 0 Å². The summed E-state index contributed by atoms with van der Waals surface area (Å²) in [4.78, 5) is 11.1. The van der Waals surface area contributed by atoms with E-state index in [1.807, 2.05) is 6.92 Å². The number of aryl methyl sites for hydroxylation is 1. The molecule has 1 aromatic rings. The van der Waals surface area contributed by atoms with Gasteiger partial charge in [-0.05, 0) is 13.3 Å². The Morgan fingerprint density at radius 3 is 2.85 bits per heavy atom. The van der Waals surface area contributed by atoms with Crippen molar-refractivity contribution in [2.24, 2.45) is 0 Å². The number of hydrogen-bond donors (Lipinski definition) is 0. The maximum Gasteiger partial charge on any atom is 0.312 e. The van der Waals surface area contributed by atoms with Gasteiger partial charge in [0, 0.05) is 6.42 Å². The number of hydrogen-bond acceptors (Lipinski definition) is 5. The van der Waals surface area contributed by atoms with E-state index in [1.54, 1.807) is 6.92 Å². The van der Waals surface area contributed by atoms with Gasteiger partial charge in [-0.1, -0.05) is 13.3 Å². The molecule has 0 bridgehead atoms. The van der Waals surface area contributed by atoms with Gasteiger partial charge in [-0.15, -0.1) is 4.37 Å². The fraction of sp³-hybridized carbons (Fsp3) is 0.625. The lowest BCUT2D eigenvalue weighted by Gasteiger charge is -1.99. The zero-order chi connectivity index (χ0) is 9.68. The van der Waals surface area contributed by atoms with Crippen LogP contribution < -0.4 is 4.74 Å². The number of nitrogens with zero attached hydrogens (tertiary/aromatic N) is 2. The number of esters is 1. The average molecular weight is 200 g/mol. The molecule has 0 fully saturated rings. The van der Waals surface area contributed by atoms with Gasteiger partial charge in [0.2, 0.25) is 0 Å². The van der Waals surface area contributed by atoms with Crippen LogP contribution >= 0.6 is 11.7 Å². The summed E-state index contributed by atoms with van der Waals surface area (Å²) in [6.07, 6.45) is 2.30. The molecular formula is C8H12N2O2S. The standard InChI is InChI=1S/C8H12N2O2S/c1-3-4-5-7(11)12-8-6(2)9-13-10-8/h3-5H2,1-2H3. The van der Waals surface area contributed by atoms with E-state index in [-0.39, 0.29) is 5.97 Å². The number of carbonyl (C=O) groups is 1. The van der Waals surface area contributed by atoms with Crippen LogP contribution in [0.3, 0.4) is 0 Å². The highest BCUT2D eigenvalue weighted by Crippen LogP contribution is 2.14. The fourth-order valence-corrected chi connectivity index (χ4v) is 1.28. The third-order valence-corrected chi connectivity index (χ3v) is 2.16. The van der Waals surface area contributed by atoms with Crippen LogP contribution in [0.1, 0.15) is 31.9 Å². The quantitative estimate of drug-likeness (QED) is 0.697. The van der Waals surface area contributed by atoms with Gasteiger partial charge in [-0.3, -0.25) is 4.79 Å². The fourth-order valence-electron chi connectivity index (χ4n) is 0.796. The molecular weight excluding hydrogens is 188 g/mol. The first-order valence-electron chi connectivity index (χ1n) is 4.24. The zero-order valence-electron chi connectivity index (χ0n) is 7.74. The molecule has 13 heavy (non-hydrogen) atoms. The number of rotatable bonds is 4. The molecule has 0 saturated carbocycles. The second kappa shape index (κ2) is 4.91. The minimum atomic E-state index is -0.224. The van der Waals surface area contributed by atoms with Crippen LogP contribution in [0.5, 0.6) is 5.88 Å². The van der Waals surface area contributed by atoms with Crippen LogP contribution in [-0.4, -0.2) is 14.7 Å². The molecule has 0 aromatic carbocycles. The van der Waals surface area contributed by atoms with Crippen molar-refractivity contribution in [3.63, 3.8) is 0 Å². The molecule has 0 amide bonds. The molecule has 1 rings (SSSR count). The third-order valence-electron chi connectivity index (χ3n) is 1.56. The summed E-state index contributed by atoms with van der Waals surface area (Å²) < 4.78 is 12.7. The Kier molecular flexibility index (Phi) is 3.82. The van der Waals surface area contributed by atoms with E-state index < -0.39 is 0 Å². The Labute approximate surface area is 81.3 Å². The van der Waals surface area contributed by atoms with E-state index in [9.17, 15) is 4.79 Å². The van der Waals surface area contributed by atoms with Gasteiger partial charge in [0.15, 0.2) is 0 Å². The van der Waals surface area contributed by atoms with Crippen molar-refractivity contribution in [1.82, 2.24) is 8.75 Å². The molecule has 0 aliphatic carbocycles. The van der Waals surface area contributed by atoms with Crippen LogP contribution in [0.4, 0.5) is 0 Å².